The number of nitrogens with zero attached hydrogens (tertiary/aromatic N) is 2. The van der Waals surface area contributed by atoms with Crippen molar-refractivity contribution in [1.82, 2.24) is 0 Å². The predicted molar refractivity (Wildman–Crippen MR) is 33.0 cm³/mol. The maximum Gasteiger partial charge on any atom is 0.0601 e. The third-order valence-electron chi connectivity index (χ3n) is 0.853. The second kappa shape index (κ2) is 3.18. The molecule has 0 aliphatic carbocycles. The average Bonchev–Trinajstić information content (AvgIpc) is 1.67. The molecule has 8 heavy (non-hydrogen) atoms. The van der Waals surface area contributed by atoms with Crippen LogP contribution in [0.2, 0.25) is 0 Å². The summed E-state index contributed by atoms with van der Waals surface area (Å²) >= 11 is 0. The minimum Gasteiger partial charge on any atom is -0.305 e. The molecule has 3 nitrogen and oxygen atoms in total. The first-order valence-corrected chi connectivity index (χ1v) is 2.48. The van der Waals surface area contributed by atoms with E-state index >= 15 is 0 Å². The highest BCUT2D eigenvalue weighted by Gasteiger charge is 1.94. The molecule has 0 amide bonds. The molecule has 0 aromatic carbocycles. The fourth-order valence-corrected chi connectivity index (χ4v) is 0.190. The maximum atomic E-state index is 4.76. The van der Waals surface area contributed by atoms with Crippen LogP contribution < -0.4 is 5.84 Å². The van der Waals surface area contributed by atoms with Crippen molar-refractivity contribution in [2.75, 3.05) is 0 Å². The number of hydrogen-bond acceptors (Lipinski definition) is 2. The molecule has 0 aliphatic rings. The van der Waals surface area contributed by atoms with Gasteiger partial charge in [0.05, 0.1) is 5.70 Å². The van der Waals surface area contributed by atoms with Gasteiger partial charge in [-0.15, -0.1) is 5.11 Å². The molecule has 0 aliphatic heterocycles. The maximum absolute atomic E-state index is 4.76. The SMILES string of the molecule is C=C(N=NN)C(C)C. The van der Waals surface area contributed by atoms with Crippen LogP contribution in [0.1, 0.15) is 13.8 Å². The first-order chi connectivity index (χ1) is 3.68. The molecular formula is C5H11N3. The zero-order valence-corrected chi connectivity index (χ0v) is 5.26. The highest BCUT2D eigenvalue weighted by atomic mass is 15.3. The second-order valence-corrected chi connectivity index (χ2v) is 1.86. The summed E-state index contributed by atoms with van der Waals surface area (Å²) in [5.41, 5.74) is 0.715. The fourth-order valence-electron chi connectivity index (χ4n) is 0.190. The van der Waals surface area contributed by atoms with Crippen LogP contribution in [-0.2, 0) is 0 Å². The van der Waals surface area contributed by atoms with Gasteiger partial charge in [-0.25, -0.2) is 0 Å². The van der Waals surface area contributed by atoms with Crippen molar-refractivity contribution < 1.29 is 0 Å². The van der Waals surface area contributed by atoms with E-state index in [1.165, 1.54) is 0 Å². The van der Waals surface area contributed by atoms with E-state index in [0.717, 1.165) is 0 Å². The van der Waals surface area contributed by atoms with E-state index in [1.54, 1.807) is 0 Å². The normalized spacial score (nSPS) is 10.9. The Kier molecular flexibility index (Phi) is 2.84. The number of nitrogens with two attached hydrogens (primary N) is 1. The zero-order valence-electron chi connectivity index (χ0n) is 5.26. The quantitative estimate of drug-likeness (QED) is 0.329. The number of hydrogen-bond donors (Lipinski definition) is 1. The molecule has 0 aromatic heterocycles. The summed E-state index contributed by atoms with van der Waals surface area (Å²) < 4.78 is 0. The molecule has 0 atom stereocenters. The van der Waals surface area contributed by atoms with Gasteiger partial charge in [-0.1, -0.05) is 25.6 Å². The molecule has 0 radical (unpaired) electrons. The molecule has 0 fully saturated rings. The molecule has 3 heteroatoms. The molecule has 0 saturated heterocycles. The molecule has 0 rings (SSSR count). The summed E-state index contributed by atoms with van der Waals surface area (Å²) in [6.45, 7) is 7.57. The van der Waals surface area contributed by atoms with Crippen LogP contribution in [0.25, 0.3) is 0 Å². The van der Waals surface area contributed by atoms with Crippen LogP contribution in [-0.4, -0.2) is 0 Å². The van der Waals surface area contributed by atoms with Crippen molar-refractivity contribution in [2.45, 2.75) is 13.8 Å². The summed E-state index contributed by atoms with van der Waals surface area (Å²) in [5, 5.41) is 6.61. The van der Waals surface area contributed by atoms with Crippen LogP contribution in [0.5, 0.6) is 0 Å². The summed E-state index contributed by atoms with van der Waals surface area (Å²) in [4.78, 5) is 0. The molecular weight excluding hydrogens is 102 g/mol. The van der Waals surface area contributed by atoms with Crippen LogP contribution in [0.4, 0.5) is 0 Å². The lowest BCUT2D eigenvalue weighted by molar-refractivity contribution is 0.737. The Morgan fingerprint density at radius 2 is 2.12 bits per heavy atom. The number of rotatable bonds is 2. The standard InChI is InChI=1S/C5H11N3/c1-4(2)5(3)7-8-6/h4H,3H2,1-2H3,(H2,6,7). The van der Waals surface area contributed by atoms with Gasteiger partial charge in [-0.05, 0) is 5.92 Å². The summed E-state index contributed by atoms with van der Waals surface area (Å²) in [7, 11) is 0. The van der Waals surface area contributed by atoms with Crippen LogP contribution >= 0.6 is 0 Å². The molecule has 0 heterocycles. The highest BCUT2D eigenvalue weighted by molar-refractivity contribution is 4.92. The zero-order chi connectivity index (χ0) is 6.57. The Hall–Kier alpha value is -0.860. The van der Waals surface area contributed by atoms with E-state index in [9.17, 15) is 0 Å². The van der Waals surface area contributed by atoms with Crippen LogP contribution in [0.3, 0.4) is 0 Å². The van der Waals surface area contributed by atoms with E-state index in [0.29, 0.717) is 11.6 Å². The molecule has 46 valence electrons. The first-order valence-electron chi connectivity index (χ1n) is 2.48. The Labute approximate surface area is 49.3 Å². The third-order valence-corrected chi connectivity index (χ3v) is 0.853. The van der Waals surface area contributed by atoms with Gasteiger partial charge < -0.3 is 5.84 Å². The Bertz CT molecular complexity index is 104. The van der Waals surface area contributed by atoms with Crippen LogP contribution in [0.15, 0.2) is 22.6 Å². The van der Waals surface area contributed by atoms with Gasteiger partial charge in [0, 0.05) is 0 Å². The van der Waals surface area contributed by atoms with Gasteiger partial charge in [0.2, 0.25) is 0 Å². The first kappa shape index (κ1) is 7.14. The van der Waals surface area contributed by atoms with Crippen molar-refractivity contribution in [3.8, 4) is 0 Å². The Morgan fingerprint density at radius 1 is 1.62 bits per heavy atom. The van der Waals surface area contributed by atoms with E-state index in [-0.39, 0.29) is 0 Å². The lowest BCUT2D eigenvalue weighted by Gasteiger charge is -1.97. The molecule has 0 bridgehead atoms. The minimum absolute atomic E-state index is 0.335. The van der Waals surface area contributed by atoms with E-state index in [4.69, 9.17) is 5.84 Å². The summed E-state index contributed by atoms with van der Waals surface area (Å²) in [6, 6.07) is 0. The minimum atomic E-state index is 0.335. The Morgan fingerprint density at radius 3 is 2.25 bits per heavy atom. The van der Waals surface area contributed by atoms with Gasteiger partial charge in [-0.2, -0.15) is 0 Å². The number of allylic oxidation sites excluding steroid dienone is 1. The van der Waals surface area contributed by atoms with Gasteiger partial charge >= 0.3 is 0 Å². The molecule has 0 unspecified atom stereocenters. The van der Waals surface area contributed by atoms with Gasteiger partial charge in [-0.3, -0.25) is 0 Å². The molecule has 0 saturated carbocycles. The van der Waals surface area contributed by atoms with Crippen molar-refractivity contribution in [3.63, 3.8) is 0 Å². The van der Waals surface area contributed by atoms with Crippen molar-refractivity contribution >= 4 is 0 Å². The largest absolute Gasteiger partial charge is 0.305 e. The summed E-state index contributed by atoms with van der Waals surface area (Å²) in [5.74, 6) is 5.10. The molecule has 0 aromatic rings. The summed E-state index contributed by atoms with van der Waals surface area (Å²) in [6.07, 6.45) is 0. The smallest absolute Gasteiger partial charge is 0.0601 e. The van der Waals surface area contributed by atoms with E-state index in [2.05, 4.69) is 16.9 Å². The van der Waals surface area contributed by atoms with Crippen molar-refractivity contribution in [3.05, 3.63) is 12.3 Å². The predicted octanol–water partition coefficient (Wildman–Crippen LogP) is 1.48. The fraction of sp³-hybridized carbons (Fsp3) is 0.600. The van der Waals surface area contributed by atoms with Gasteiger partial charge in [0.1, 0.15) is 0 Å². The lowest BCUT2D eigenvalue weighted by Crippen LogP contribution is -1.88. The van der Waals surface area contributed by atoms with E-state index in [1.807, 2.05) is 13.8 Å². The van der Waals surface area contributed by atoms with Gasteiger partial charge in [0.15, 0.2) is 0 Å². The van der Waals surface area contributed by atoms with Crippen molar-refractivity contribution in [2.24, 2.45) is 22.1 Å². The van der Waals surface area contributed by atoms with Gasteiger partial charge in [0.25, 0.3) is 0 Å². The Balaban J connectivity index is 3.66. The molecule has 2 N–H and O–H groups in total. The lowest BCUT2D eigenvalue weighted by atomic mass is 10.2. The van der Waals surface area contributed by atoms with E-state index < -0.39 is 0 Å². The van der Waals surface area contributed by atoms with Crippen molar-refractivity contribution in [1.29, 1.82) is 0 Å². The topological polar surface area (TPSA) is 50.7 Å². The average molecular weight is 113 g/mol. The highest BCUT2D eigenvalue weighted by Crippen LogP contribution is 2.06. The second-order valence-electron chi connectivity index (χ2n) is 1.86. The van der Waals surface area contributed by atoms with Crippen LogP contribution in [0, 0.1) is 5.92 Å². The monoisotopic (exact) mass is 113 g/mol. The third kappa shape index (κ3) is 2.34. The molecule has 0 spiro atoms.